The molecule has 104 valence electrons. The second kappa shape index (κ2) is 4.87. The molecule has 2 fully saturated rings. The highest BCUT2D eigenvalue weighted by Crippen LogP contribution is 2.48. The lowest BCUT2D eigenvalue weighted by molar-refractivity contribution is -0.151. The number of rotatable bonds is 2. The molecule has 1 saturated carbocycles. The van der Waals surface area contributed by atoms with Gasteiger partial charge in [-0.15, -0.1) is 0 Å². The van der Waals surface area contributed by atoms with Crippen LogP contribution in [0.15, 0.2) is 28.7 Å². The number of hydrogen-bond acceptors (Lipinski definition) is 2. The van der Waals surface area contributed by atoms with E-state index < -0.39 is 0 Å². The zero-order chi connectivity index (χ0) is 13.5. The van der Waals surface area contributed by atoms with Gasteiger partial charge >= 0.3 is 0 Å². The molecule has 1 aromatic carbocycles. The molecule has 1 spiro atoms. The molecule has 3 heteroatoms. The Morgan fingerprint density at radius 1 is 1.37 bits per heavy atom. The summed E-state index contributed by atoms with van der Waals surface area (Å²) in [5.41, 5.74) is 7.82. The molecule has 2 N–H and O–H groups in total. The molecule has 2 unspecified atom stereocenters. The third-order valence-corrected chi connectivity index (χ3v) is 5.75. The van der Waals surface area contributed by atoms with Crippen molar-refractivity contribution < 1.29 is 4.74 Å². The Morgan fingerprint density at radius 2 is 2.11 bits per heavy atom. The monoisotopic (exact) mass is 323 g/mol. The maximum absolute atomic E-state index is 6.73. The van der Waals surface area contributed by atoms with Crippen molar-refractivity contribution in [1.82, 2.24) is 0 Å². The molecule has 0 radical (unpaired) electrons. The van der Waals surface area contributed by atoms with Gasteiger partial charge in [-0.25, -0.2) is 0 Å². The first kappa shape index (κ1) is 13.6. The zero-order valence-electron chi connectivity index (χ0n) is 11.5. The fraction of sp³-hybridized carbons (Fsp3) is 0.625. The van der Waals surface area contributed by atoms with Gasteiger partial charge in [0.1, 0.15) is 0 Å². The molecule has 3 rings (SSSR count). The average molecular weight is 324 g/mol. The first-order chi connectivity index (χ1) is 9.04. The predicted molar refractivity (Wildman–Crippen MR) is 80.9 cm³/mol. The van der Waals surface area contributed by atoms with E-state index in [4.69, 9.17) is 10.5 Å². The van der Waals surface area contributed by atoms with Gasteiger partial charge < -0.3 is 10.5 Å². The van der Waals surface area contributed by atoms with Crippen LogP contribution in [-0.2, 0) is 10.3 Å². The van der Waals surface area contributed by atoms with Gasteiger partial charge in [0.2, 0.25) is 0 Å². The minimum absolute atomic E-state index is 0.158. The lowest BCUT2D eigenvalue weighted by Gasteiger charge is -2.51. The molecule has 1 aliphatic heterocycles. The summed E-state index contributed by atoms with van der Waals surface area (Å²) in [6.07, 6.45) is 5.92. The largest absolute Gasteiger partial charge is 0.375 e. The number of hydrogen-bond donors (Lipinski definition) is 1. The highest BCUT2D eigenvalue weighted by molar-refractivity contribution is 9.10. The lowest BCUT2D eigenvalue weighted by Crippen LogP contribution is -2.52. The molecule has 1 heterocycles. The summed E-state index contributed by atoms with van der Waals surface area (Å²) in [5.74, 6) is 0.500. The van der Waals surface area contributed by atoms with Crippen molar-refractivity contribution in [2.24, 2.45) is 11.7 Å². The fourth-order valence-corrected chi connectivity index (χ4v) is 4.29. The quantitative estimate of drug-likeness (QED) is 0.893. The molecule has 1 saturated heterocycles. The Kier molecular flexibility index (Phi) is 3.48. The van der Waals surface area contributed by atoms with E-state index in [-0.39, 0.29) is 11.1 Å². The first-order valence-electron chi connectivity index (χ1n) is 7.21. The second-order valence-corrected chi connectivity index (χ2v) is 7.19. The molecular weight excluding hydrogens is 302 g/mol. The van der Waals surface area contributed by atoms with E-state index in [9.17, 15) is 0 Å². The van der Waals surface area contributed by atoms with Crippen LogP contribution in [-0.4, -0.2) is 12.2 Å². The van der Waals surface area contributed by atoms with Crippen molar-refractivity contribution in [3.8, 4) is 0 Å². The minimum Gasteiger partial charge on any atom is -0.375 e. The summed E-state index contributed by atoms with van der Waals surface area (Å²) >= 11 is 3.65. The molecule has 1 aromatic rings. The summed E-state index contributed by atoms with van der Waals surface area (Å²) < 4.78 is 7.15. The van der Waals surface area contributed by atoms with E-state index >= 15 is 0 Å². The average Bonchev–Trinajstić information content (AvgIpc) is 2.37. The molecule has 2 atom stereocenters. The Morgan fingerprint density at radius 3 is 2.74 bits per heavy atom. The third-order valence-electron chi connectivity index (χ3n) is 5.06. The summed E-state index contributed by atoms with van der Waals surface area (Å²) in [5, 5.41) is 0. The second-order valence-electron chi connectivity index (χ2n) is 6.34. The van der Waals surface area contributed by atoms with E-state index in [1.807, 2.05) is 6.07 Å². The third kappa shape index (κ3) is 2.37. The molecule has 19 heavy (non-hydrogen) atoms. The van der Waals surface area contributed by atoms with Crippen LogP contribution in [0.5, 0.6) is 0 Å². The van der Waals surface area contributed by atoms with Gasteiger partial charge in [-0.1, -0.05) is 34.1 Å². The van der Waals surface area contributed by atoms with Crippen molar-refractivity contribution >= 4 is 15.9 Å². The molecule has 1 aliphatic carbocycles. The molecule has 0 bridgehead atoms. The van der Waals surface area contributed by atoms with E-state index in [0.29, 0.717) is 5.92 Å². The SMILES string of the molecule is CC(N)(c1ccccc1Br)C1CCOC2(CCC2)C1. The van der Waals surface area contributed by atoms with Crippen molar-refractivity contribution in [2.45, 2.75) is 50.2 Å². The number of halogens is 1. The van der Waals surface area contributed by atoms with Crippen molar-refractivity contribution in [2.75, 3.05) is 6.61 Å². The van der Waals surface area contributed by atoms with Gasteiger partial charge in [-0.3, -0.25) is 0 Å². The van der Waals surface area contributed by atoms with Gasteiger partial charge in [-0.2, -0.15) is 0 Å². The molecule has 2 aliphatic rings. The minimum atomic E-state index is -0.285. The first-order valence-corrected chi connectivity index (χ1v) is 8.01. The zero-order valence-corrected chi connectivity index (χ0v) is 13.1. The Labute approximate surface area is 123 Å². The molecular formula is C16H22BrNO. The van der Waals surface area contributed by atoms with E-state index in [1.54, 1.807) is 0 Å². The van der Waals surface area contributed by atoms with Crippen LogP contribution < -0.4 is 5.73 Å². The molecule has 2 nitrogen and oxygen atoms in total. The molecule has 0 amide bonds. The van der Waals surface area contributed by atoms with Crippen LogP contribution in [0.4, 0.5) is 0 Å². The van der Waals surface area contributed by atoms with Gasteiger partial charge in [0.05, 0.1) is 5.60 Å². The van der Waals surface area contributed by atoms with Crippen LogP contribution >= 0.6 is 15.9 Å². The Balaban J connectivity index is 1.85. The van der Waals surface area contributed by atoms with E-state index in [1.165, 1.54) is 24.8 Å². The number of benzene rings is 1. The lowest BCUT2D eigenvalue weighted by atomic mass is 9.66. The van der Waals surface area contributed by atoms with E-state index in [0.717, 1.165) is 23.9 Å². The Bertz CT molecular complexity index is 468. The van der Waals surface area contributed by atoms with Crippen LogP contribution in [0, 0.1) is 5.92 Å². The number of nitrogens with two attached hydrogens (primary N) is 1. The predicted octanol–water partition coefficient (Wildman–Crippen LogP) is 3.97. The van der Waals surface area contributed by atoms with Crippen LogP contribution in [0.25, 0.3) is 0 Å². The summed E-state index contributed by atoms with van der Waals surface area (Å²) in [7, 11) is 0. The van der Waals surface area contributed by atoms with Crippen LogP contribution in [0.1, 0.15) is 44.6 Å². The Hall–Kier alpha value is -0.380. The van der Waals surface area contributed by atoms with Crippen LogP contribution in [0.2, 0.25) is 0 Å². The normalized spacial score (nSPS) is 28.7. The standard InChI is InChI=1S/C16H22BrNO/c1-15(18,13-5-2-3-6-14(13)17)12-7-10-19-16(11-12)8-4-9-16/h2-3,5-6,12H,4,7-11,18H2,1H3. The summed E-state index contributed by atoms with van der Waals surface area (Å²) in [4.78, 5) is 0. The maximum Gasteiger partial charge on any atom is 0.0686 e. The van der Waals surface area contributed by atoms with Gasteiger partial charge in [-0.05, 0) is 56.6 Å². The summed E-state index contributed by atoms with van der Waals surface area (Å²) in [6, 6.07) is 8.34. The highest BCUT2D eigenvalue weighted by atomic mass is 79.9. The van der Waals surface area contributed by atoms with Crippen molar-refractivity contribution in [3.63, 3.8) is 0 Å². The summed E-state index contributed by atoms with van der Waals surface area (Å²) in [6.45, 7) is 3.04. The maximum atomic E-state index is 6.73. The van der Waals surface area contributed by atoms with Crippen molar-refractivity contribution in [3.05, 3.63) is 34.3 Å². The van der Waals surface area contributed by atoms with Gasteiger partial charge in [0, 0.05) is 16.6 Å². The number of ether oxygens (including phenoxy) is 1. The van der Waals surface area contributed by atoms with Crippen LogP contribution in [0.3, 0.4) is 0 Å². The topological polar surface area (TPSA) is 35.2 Å². The van der Waals surface area contributed by atoms with Gasteiger partial charge in [0.25, 0.3) is 0 Å². The highest BCUT2D eigenvalue weighted by Gasteiger charge is 2.47. The molecule has 0 aromatic heterocycles. The van der Waals surface area contributed by atoms with E-state index in [2.05, 4.69) is 41.1 Å². The van der Waals surface area contributed by atoms with Crippen molar-refractivity contribution in [1.29, 1.82) is 0 Å². The smallest absolute Gasteiger partial charge is 0.0686 e. The fourth-order valence-electron chi connectivity index (χ4n) is 3.58. The van der Waals surface area contributed by atoms with Gasteiger partial charge in [0.15, 0.2) is 0 Å².